The molecule has 0 aromatic heterocycles. The maximum Gasteiger partial charge on any atom is 0.272 e. The molecule has 0 aliphatic rings. The highest BCUT2D eigenvalue weighted by Gasteiger charge is 2.11. The minimum atomic E-state index is -0.387. The van der Waals surface area contributed by atoms with Gasteiger partial charge < -0.3 is 0 Å². The van der Waals surface area contributed by atoms with Gasteiger partial charge in [-0.3, -0.25) is 15.1 Å². The molecule has 96 valence electrons. The number of unbranched alkanes of at least 4 members (excludes halogenated alkanes) is 1. The zero-order valence-corrected chi connectivity index (χ0v) is 10.9. The number of hydrogen-bond donors (Lipinski definition) is 0. The van der Waals surface area contributed by atoms with Gasteiger partial charge >= 0.3 is 0 Å². The van der Waals surface area contributed by atoms with Crippen LogP contribution in [0, 0.1) is 17.0 Å². The summed E-state index contributed by atoms with van der Waals surface area (Å²) in [5, 5.41) is 10.7. The van der Waals surface area contributed by atoms with Crippen molar-refractivity contribution in [1.82, 2.24) is 0 Å². The quantitative estimate of drug-likeness (QED) is 0.355. The number of nitro benzene ring substituents is 1. The summed E-state index contributed by atoms with van der Waals surface area (Å²) < 4.78 is 0. The fraction of sp³-hybridized carbons (Fsp3) is 0.385. The second-order valence-corrected chi connectivity index (χ2v) is 3.91. The molecule has 0 saturated heterocycles. The zero-order chi connectivity index (χ0) is 13.5. The smallest absolute Gasteiger partial charge is 0.270 e. The van der Waals surface area contributed by atoms with Gasteiger partial charge in [-0.05, 0) is 25.5 Å². The number of nitrogens with zero attached hydrogens (tertiary/aromatic N) is 3. The second kappa shape index (κ2) is 6.64. The molecular weight excluding hydrogens is 230 g/mol. The minimum Gasteiger partial charge on any atom is -0.270 e. The summed E-state index contributed by atoms with van der Waals surface area (Å²) in [6, 6.07) is 4.91. The molecule has 0 heterocycles. The topological polar surface area (TPSA) is 67.9 Å². The summed E-state index contributed by atoms with van der Waals surface area (Å²) in [5.41, 5.74) is 1.53. The van der Waals surface area contributed by atoms with Crippen LogP contribution in [0.2, 0.25) is 0 Å². The molecule has 0 aliphatic carbocycles. The van der Waals surface area contributed by atoms with Crippen LogP contribution in [0.5, 0.6) is 0 Å². The van der Waals surface area contributed by atoms with E-state index in [9.17, 15) is 10.1 Å². The molecule has 1 rings (SSSR count). The molecule has 5 nitrogen and oxygen atoms in total. The largest absolute Gasteiger partial charge is 0.272 e. The van der Waals surface area contributed by atoms with Crippen molar-refractivity contribution < 1.29 is 4.92 Å². The molecule has 0 aliphatic heterocycles. The van der Waals surface area contributed by atoms with Crippen molar-refractivity contribution in [1.29, 1.82) is 0 Å². The van der Waals surface area contributed by atoms with Crippen molar-refractivity contribution in [2.75, 3.05) is 7.05 Å². The number of rotatable bonds is 4. The number of amidine groups is 1. The fourth-order valence-corrected chi connectivity index (χ4v) is 1.54. The lowest BCUT2D eigenvalue weighted by Crippen LogP contribution is -2.00. The van der Waals surface area contributed by atoms with Crippen LogP contribution < -0.4 is 0 Å². The summed E-state index contributed by atoms with van der Waals surface area (Å²) in [7, 11) is 1.66. The van der Waals surface area contributed by atoms with Gasteiger partial charge in [0.05, 0.1) is 4.92 Å². The van der Waals surface area contributed by atoms with Gasteiger partial charge in [0.25, 0.3) is 5.69 Å². The van der Waals surface area contributed by atoms with Crippen molar-refractivity contribution in [2.45, 2.75) is 26.7 Å². The van der Waals surface area contributed by atoms with Gasteiger partial charge in [-0.1, -0.05) is 13.3 Å². The lowest BCUT2D eigenvalue weighted by Gasteiger charge is -2.02. The summed E-state index contributed by atoms with van der Waals surface area (Å²) >= 11 is 0. The lowest BCUT2D eigenvalue weighted by atomic mass is 10.1. The molecule has 0 bridgehead atoms. The van der Waals surface area contributed by atoms with E-state index in [1.807, 2.05) is 6.21 Å². The molecular formula is C13H17N3O2. The molecule has 1 aromatic carbocycles. The average Bonchev–Trinajstić information content (AvgIpc) is 2.34. The van der Waals surface area contributed by atoms with Gasteiger partial charge in [0, 0.05) is 30.5 Å². The molecule has 0 N–H and O–H groups in total. The highest BCUT2D eigenvalue weighted by molar-refractivity contribution is 6.03. The first-order valence-corrected chi connectivity index (χ1v) is 5.84. The molecule has 0 fully saturated rings. The summed E-state index contributed by atoms with van der Waals surface area (Å²) in [4.78, 5) is 18.7. The van der Waals surface area contributed by atoms with Crippen LogP contribution in [-0.4, -0.2) is 24.0 Å². The summed E-state index contributed by atoms with van der Waals surface area (Å²) in [6.45, 7) is 3.79. The third-order valence-electron chi connectivity index (χ3n) is 2.49. The Morgan fingerprint density at radius 1 is 1.50 bits per heavy atom. The van der Waals surface area contributed by atoms with Crippen LogP contribution in [0.1, 0.15) is 30.9 Å². The van der Waals surface area contributed by atoms with Crippen molar-refractivity contribution in [3.05, 3.63) is 39.4 Å². The van der Waals surface area contributed by atoms with Crippen LogP contribution >= 0.6 is 0 Å². The van der Waals surface area contributed by atoms with Crippen molar-refractivity contribution in [3.63, 3.8) is 0 Å². The second-order valence-electron chi connectivity index (χ2n) is 3.91. The molecule has 0 atom stereocenters. The van der Waals surface area contributed by atoms with E-state index < -0.39 is 0 Å². The van der Waals surface area contributed by atoms with Gasteiger partial charge in [0.2, 0.25) is 0 Å². The van der Waals surface area contributed by atoms with E-state index in [4.69, 9.17) is 0 Å². The lowest BCUT2D eigenvalue weighted by molar-refractivity contribution is -0.385. The van der Waals surface area contributed by atoms with E-state index in [-0.39, 0.29) is 10.6 Å². The summed E-state index contributed by atoms with van der Waals surface area (Å²) in [5.74, 6) is 0.599. The summed E-state index contributed by atoms with van der Waals surface area (Å²) in [6.07, 6.45) is 3.74. The number of aliphatic imine (C=N–C) groups is 2. The Hall–Kier alpha value is -2.04. The normalized spacial score (nSPS) is 12.1. The third-order valence-corrected chi connectivity index (χ3v) is 2.49. The van der Waals surface area contributed by atoms with Crippen LogP contribution in [0.4, 0.5) is 5.69 Å². The first-order chi connectivity index (χ1) is 8.60. The predicted octanol–water partition coefficient (Wildman–Crippen LogP) is 3.15. The van der Waals surface area contributed by atoms with E-state index in [0.717, 1.165) is 18.4 Å². The maximum atomic E-state index is 10.7. The standard InChI is InChI=1S/C13H17N3O2/c1-4-5-8-15-13(14-3)11-6-7-12(16(17)18)10(2)9-11/h6-9H,4-5H2,1-3H3. The maximum absolute atomic E-state index is 10.7. The number of aryl methyl sites for hydroxylation is 1. The van der Waals surface area contributed by atoms with Crippen LogP contribution in [0.15, 0.2) is 28.2 Å². The molecule has 0 unspecified atom stereocenters. The van der Waals surface area contributed by atoms with E-state index in [2.05, 4.69) is 16.9 Å². The Morgan fingerprint density at radius 2 is 2.22 bits per heavy atom. The molecule has 18 heavy (non-hydrogen) atoms. The Balaban J connectivity index is 3.02. The Morgan fingerprint density at radius 3 is 2.72 bits per heavy atom. The van der Waals surface area contributed by atoms with E-state index >= 15 is 0 Å². The first kappa shape index (κ1) is 14.0. The molecule has 0 amide bonds. The average molecular weight is 247 g/mol. The highest BCUT2D eigenvalue weighted by atomic mass is 16.6. The number of nitro groups is 1. The molecule has 0 saturated carbocycles. The molecule has 1 aromatic rings. The third kappa shape index (κ3) is 3.48. The van der Waals surface area contributed by atoms with Gasteiger partial charge in [-0.2, -0.15) is 0 Å². The number of benzene rings is 1. The molecule has 0 spiro atoms. The van der Waals surface area contributed by atoms with E-state index in [1.165, 1.54) is 6.07 Å². The number of hydrogen-bond acceptors (Lipinski definition) is 3. The van der Waals surface area contributed by atoms with Crippen molar-refractivity contribution >= 4 is 17.7 Å². The van der Waals surface area contributed by atoms with Gasteiger partial charge in [0.15, 0.2) is 5.84 Å². The minimum absolute atomic E-state index is 0.117. The molecule has 0 radical (unpaired) electrons. The van der Waals surface area contributed by atoms with Crippen molar-refractivity contribution in [3.8, 4) is 0 Å². The van der Waals surface area contributed by atoms with Crippen LogP contribution in [0.25, 0.3) is 0 Å². The van der Waals surface area contributed by atoms with Gasteiger partial charge in [-0.15, -0.1) is 0 Å². The predicted molar refractivity (Wildman–Crippen MR) is 73.7 cm³/mol. The highest BCUT2D eigenvalue weighted by Crippen LogP contribution is 2.19. The monoisotopic (exact) mass is 247 g/mol. The van der Waals surface area contributed by atoms with E-state index in [0.29, 0.717) is 11.4 Å². The van der Waals surface area contributed by atoms with Crippen molar-refractivity contribution in [2.24, 2.45) is 9.98 Å². The fourth-order valence-electron chi connectivity index (χ4n) is 1.54. The zero-order valence-electron chi connectivity index (χ0n) is 10.9. The first-order valence-electron chi connectivity index (χ1n) is 5.84. The van der Waals surface area contributed by atoms with Crippen LogP contribution in [0.3, 0.4) is 0 Å². The van der Waals surface area contributed by atoms with Crippen LogP contribution in [-0.2, 0) is 0 Å². The van der Waals surface area contributed by atoms with Gasteiger partial charge in [-0.25, -0.2) is 4.99 Å². The SMILES string of the molecule is CCCC=NC(=NC)c1ccc([N+](=O)[O-])c(C)c1. The van der Waals surface area contributed by atoms with E-state index in [1.54, 1.807) is 26.1 Å². The Kier molecular flexibility index (Phi) is 5.17. The Bertz CT molecular complexity index is 493. The molecule has 5 heteroatoms. The Labute approximate surface area is 106 Å². The van der Waals surface area contributed by atoms with Gasteiger partial charge in [0.1, 0.15) is 0 Å².